The molecule has 1 aliphatic rings. The largest absolute Gasteiger partial charge is 0.489 e. The Bertz CT molecular complexity index is 1260. The van der Waals surface area contributed by atoms with E-state index in [0.29, 0.717) is 34.3 Å². The van der Waals surface area contributed by atoms with E-state index >= 15 is 0 Å². The lowest BCUT2D eigenvalue weighted by molar-refractivity contribution is 0.0911. The van der Waals surface area contributed by atoms with Crippen molar-refractivity contribution in [2.24, 2.45) is 0 Å². The van der Waals surface area contributed by atoms with Crippen molar-refractivity contribution in [1.29, 1.82) is 0 Å². The van der Waals surface area contributed by atoms with Crippen molar-refractivity contribution < 1.29 is 18.8 Å². The molecule has 4 aromatic rings. The van der Waals surface area contributed by atoms with E-state index in [1.54, 1.807) is 18.2 Å². The first kappa shape index (κ1) is 21.2. The van der Waals surface area contributed by atoms with Crippen molar-refractivity contribution in [3.8, 4) is 11.5 Å². The van der Waals surface area contributed by atoms with Gasteiger partial charge in [0.25, 0.3) is 0 Å². The van der Waals surface area contributed by atoms with Crippen LogP contribution in [-0.4, -0.2) is 11.6 Å². The Morgan fingerprint density at radius 2 is 1.36 bits per heavy atom. The minimum Gasteiger partial charge on any atom is -0.489 e. The van der Waals surface area contributed by atoms with Crippen molar-refractivity contribution in [3.05, 3.63) is 120 Å². The van der Waals surface area contributed by atoms with E-state index in [1.165, 1.54) is 0 Å². The van der Waals surface area contributed by atoms with Gasteiger partial charge in [-0.1, -0.05) is 91.0 Å². The molecule has 0 bridgehead atoms. The monoisotopic (exact) mass is 454 g/mol. The third-order valence-corrected chi connectivity index (χ3v) is 9.04. The second kappa shape index (κ2) is 9.09. The number of Topliss-reactive ketones (excluding diaryl/α,β-unsaturated/α-hetero) is 1. The molecule has 4 nitrogen and oxygen atoms in total. The van der Waals surface area contributed by atoms with Crippen LogP contribution in [0.5, 0.6) is 11.5 Å². The van der Waals surface area contributed by atoms with Crippen LogP contribution in [0.25, 0.3) is 0 Å². The molecule has 0 saturated carbocycles. The molecule has 1 atom stereocenters. The summed E-state index contributed by atoms with van der Waals surface area (Å²) in [5.41, 5.74) is 1.54. The maximum Gasteiger partial charge on any atom is 0.182 e. The van der Waals surface area contributed by atoms with Gasteiger partial charge in [-0.05, 0) is 17.7 Å². The third-order valence-electron chi connectivity index (χ3n) is 5.81. The normalized spacial score (nSPS) is 15.4. The minimum atomic E-state index is -3.25. The van der Waals surface area contributed by atoms with Crippen molar-refractivity contribution in [3.63, 3.8) is 0 Å². The molecule has 0 aliphatic carbocycles. The molecule has 5 heteroatoms. The predicted molar refractivity (Wildman–Crippen MR) is 130 cm³/mol. The molecule has 0 saturated heterocycles. The van der Waals surface area contributed by atoms with Crippen LogP contribution in [0.2, 0.25) is 0 Å². The highest BCUT2D eigenvalue weighted by Crippen LogP contribution is 2.53. The molecular weight excluding hydrogens is 431 g/mol. The second-order valence-corrected chi connectivity index (χ2v) is 10.9. The zero-order chi connectivity index (χ0) is 22.7. The molecule has 4 aromatic carbocycles. The summed E-state index contributed by atoms with van der Waals surface area (Å²) in [6.07, 6.45) is 0.0539. The van der Waals surface area contributed by atoms with E-state index in [2.05, 4.69) is 0 Å². The van der Waals surface area contributed by atoms with Crippen molar-refractivity contribution in [1.82, 2.24) is 0 Å². The van der Waals surface area contributed by atoms with Gasteiger partial charge in [0, 0.05) is 16.7 Å². The number of ether oxygens (including phenoxy) is 2. The van der Waals surface area contributed by atoms with Crippen LogP contribution < -0.4 is 20.1 Å². The molecule has 0 amide bonds. The highest BCUT2D eigenvalue weighted by Gasteiger charge is 2.43. The number of carbonyl (C=O) groups excluding carboxylic acids is 1. The molecule has 0 fully saturated rings. The highest BCUT2D eigenvalue weighted by atomic mass is 31.2. The van der Waals surface area contributed by atoms with Gasteiger partial charge < -0.3 is 14.0 Å². The quantitative estimate of drug-likeness (QED) is 0.358. The maximum atomic E-state index is 14.6. The predicted octanol–water partition coefficient (Wildman–Crippen LogP) is 5.57. The Morgan fingerprint density at radius 3 is 1.97 bits per heavy atom. The molecule has 1 heterocycles. The molecule has 33 heavy (non-hydrogen) atoms. The molecule has 0 spiro atoms. The fourth-order valence-corrected chi connectivity index (χ4v) is 6.98. The topological polar surface area (TPSA) is 52.6 Å². The van der Waals surface area contributed by atoms with E-state index < -0.39 is 13.0 Å². The van der Waals surface area contributed by atoms with Gasteiger partial charge in [-0.15, -0.1) is 0 Å². The lowest BCUT2D eigenvalue weighted by Crippen LogP contribution is -2.34. The molecule has 1 unspecified atom stereocenters. The maximum absolute atomic E-state index is 14.6. The summed E-state index contributed by atoms with van der Waals surface area (Å²) in [7, 11) is -3.25. The van der Waals surface area contributed by atoms with Crippen LogP contribution in [0.1, 0.15) is 22.3 Å². The van der Waals surface area contributed by atoms with Crippen LogP contribution in [-0.2, 0) is 11.2 Å². The van der Waals surface area contributed by atoms with Gasteiger partial charge in [0.1, 0.15) is 18.1 Å². The summed E-state index contributed by atoms with van der Waals surface area (Å²) in [4.78, 5) is 13.1. The average molecular weight is 454 g/mol. The van der Waals surface area contributed by atoms with Gasteiger partial charge in [-0.25, -0.2) is 0 Å². The summed E-state index contributed by atoms with van der Waals surface area (Å²) < 4.78 is 26.8. The number of rotatable bonds is 6. The Hall–Kier alpha value is -3.62. The number of hydrogen-bond donors (Lipinski definition) is 0. The van der Waals surface area contributed by atoms with Crippen LogP contribution in [0.3, 0.4) is 0 Å². The van der Waals surface area contributed by atoms with E-state index in [4.69, 9.17) is 9.47 Å². The van der Waals surface area contributed by atoms with E-state index in [-0.39, 0.29) is 12.2 Å². The van der Waals surface area contributed by atoms with Gasteiger partial charge in [0.05, 0.1) is 12.0 Å². The molecule has 1 aliphatic heterocycles. The molecule has 5 rings (SSSR count). The summed E-state index contributed by atoms with van der Waals surface area (Å²) >= 11 is 0. The number of hydrogen-bond acceptors (Lipinski definition) is 4. The third kappa shape index (κ3) is 4.22. The number of ketones is 1. The van der Waals surface area contributed by atoms with Crippen molar-refractivity contribution in [2.75, 3.05) is 0 Å². The van der Waals surface area contributed by atoms with Crippen LogP contribution in [0, 0.1) is 0 Å². The molecule has 0 aromatic heterocycles. The van der Waals surface area contributed by atoms with Gasteiger partial charge in [0.2, 0.25) is 0 Å². The highest BCUT2D eigenvalue weighted by molar-refractivity contribution is 7.79. The van der Waals surface area contributed by atoms with Gasteiger partial charge in [-0.2, -0.15) is 0 Å². The standard InChI is InChI=1S/C28H23O4P/c29-26-19-28(33(30,23-12-6-2-7-13-23)24-14-8-3-9-15-24)32-27-18-22(16-17-25(26)27)31-20-21-10-4-1-5-11-21/h1-18,28H,19-20H2. The number of fused-ring (bicyclic) bond motifs is 1. The van der Waals surface area contributed by atoms with Gasteiger partial charge >= 0.3 is 0 Å². The van der Waals surface area contributed by atoms with E-state index in [1.807, 2.05) is 91.0 Å². The Kier molecular flexibility index (Phi) is 5.85. The smallest absolute Gasteiger partial charge is 0.182 e. The van der Waals surface area contributed by atoms with E-state index in [9.17, 15) is 9.36 Å². The summed E-state index contributed by atoms with van der Waals surface area (Å²) in [5.74, 6) is 0.142. The van der Waals surface area contributed by atoms with Gasteiger partial charge in [0.15, 0.2) is 18.8 Å². The average Bonchev–Trinajstić information content (AvgIpc) is 2.88. The zero-order valence-corrected chi connectivity index (χ0v) is 18.9. The Labute approximate surface area is 193 Å². The second-order valence-electron chi connectivity index (χ2n) is 7.96. The minimum absolute atomic E-state index is 0.0539. The van der Waals surface area contributed by atoms with Crippen molar-refractivity contribution in [2.45, 2.75) is 18.9 Å². The fraction of sp³-hybridized carbons (Fsp3) is 0.107. The zero-order valence-electron chi connectivity index (χ0n) is 18.0. The molecule has 0 radical (unpaired) electrons. The molecule has 0 N–H and O–H groups in total. The first-order valence-electron chi connectivity index (χ1n) is 10.9. The lowest BCUT2D eigenvalue weighted by Gasteiger charge is -2.32. The fourth-order valence-electron chi connectivity index (χ4n) is 4.10. The van der Waals surface area contributed by atoms with Crippen molar-refractivity contribution >= 4 is 23.5 Å². The Morgan fingerprint density at radius 1 is 0.788 bits per heavy atom. The van der Waals surface area contributed by atoms with Gasteiger partial charge in [-0.3, -0.25) is 4.79 Å². The number of benzene rings is 4. The molecule has 164 valence electrons. The lowest BCUT2D eigenvalue weighted by atomic mass is 10.0. The summed E-state index contributed by atoms with van der Waals surface area (Å²) in [6.45, 7) is 0.406. The van der Waals surface area contributed by atoms with E-state index in [0.717, 1.165) is 5.56 Å². The SMILES string of the molecule is O=C1CC(P(=O)(c2ccccc2)c2ccccc2)Oc2cc(OCc3ccccc3)ccc21. The summed E-state index contributed by atoms with van der Waals surface area (Å²) in [5, 5.41) is 1.35. The number of carbonyl (C=O) groups is 1. The summed E-state index contributed by atoms with van der Waals surface area (Å²) in [6, 6.07) is 33.7. The van der Waals surface area contributed by atoms with Crippen LogP contribution in [0.15, 0.2) is 109 Å². The van der Waals surface area contributed by atoms with Crippen LogP contribution in [0.4, 0.5) is 0 Å². The Balaban J connectivity index is 1.48. The molecular formula is C28H23O4P. The first-order chi connectivity index (χ1) is 16.1. The first-order valence-corrected chi connectivity index (χ1v) is 12.6. The van der Waals surface area contributed by atoms with Crippen LogP contribution >= 0.6 is 7.14 Å².